The molecule has 0 spiro atoms. The Balaban J connectivity index is 5.46. The normalized spacial score (nSPS) is 13.9. The molecule has 16 heteroatoms. The Hall–Kier alpha value is -2.72. The molecule has 0 bridgehead atoms. The molecule has 0 aliphatic heterocycles. The minimum atomic E-state index is -1.25. The molecule has 0 saturated carbocycles. The molecule has 37 heavy (non-hydrogen) atoms. The zero-order valence-corrected chi connectivity index (χ0v) is 22.9. The average Bonchev–Trinajstić information content (AvgIpc) is 2.83. The molecule has 212 valence electrons. The van der Waals surface area contributed by atoms with E-state index in [0.29, 0.717) is 24.3 Å². The van der Waals surface area contributed by atoms with Gasteiger partial charge in [-0.15, -0.1) is 0 Å². The summed E-state index contributed by atoms with van der Waals surface area (Å²) >= 11 is 2.94. The molecule has 0 saturated heterocycles. The van der Waals surface area contributed by atoms with Crippen molar-refractivity contribution in [1.29, 1.82) is 0 Å². The van der Waals surface area contributed by atoms with Gasteiger partial charge >= 0.3 is 5.97 Å². The molecule has 12 N–H and O–H groups in total. The Bertz CT molecular complexity index is 797. The highest BCUT2D eigenvalue weighted by molar-refractivity contribution is 7.98. The third-order valence-corrected chi connectivity index (χ3v) is 6.37. The first kappa shape index (κ1) is 34.3. The first-order valence-electron chi connectivity index (χ1n) is 11.6. The molecule has 0 aliphatic rings. The number of nitrogens with one attached hydrogen (secondary N) is 3. The lowest BCUT2D eigenvalue weighted by Crippen LogP contribution is -2.57. The van der Waals surface area contributed by atoms with Crippen molar-refractivity contribution < 1.29 is 29.1 Å². The molecule has 0 heterocycles. The molecule has 0 aromatic carbocycles. The highest BCUT2D eigenvalue weighted by Crippen LogP contribution is 2.07. The number of thioether (sulfide) groups is 2. The van der Waals surface area contributed by atoms with Crippen molar-refractivity contribution in [2.75, 3.05) is 30.6 Å². The van der Waals surface area contributed by atoms with E-state index in [1.165, 1.54) is 23.5 Å². The number of nitrogens with two attached hydrogens (primary N) is 4. The van der Waals surface area contributed by atoms with Gasteiger partial charge in [0.25, 0.3) is 0 Å². The first-order chi connectivity index (χ1) is 17.4. The quantitative estimate of drug-likeness (QED) is 0.0442. The van der Waals surface area contributed by atoms with Crippen LogP contribution in [0.3, 0.4) is 0 Å². The fourth-order valence-electron chi connectivity index (χ4n) is 3.02. The number of carboxylic acids is 1. The van der Waals surface area contributed by atoms with Crippen molar-refractivity contribution in [3.05, 3.63) is 0 Å². The van der Waals surface area contributed by atoms with Gasteiger partial charge < -0.3 is 44.0 Å². The number of guanidine groups is 1. The number of aliphatic imine (C=N–C) groups is 1. The van der Waals surface area contributed by atoms with Crippen molar-refractivity contribution in [2.45, 2.75) is 62.7 Å². The zero-order valence-electron chi connectivity index (χ0n) is 21.2. The molecule has 0 aromatic rings. The van der Waals surface area contributed by atoms with Crippen LogP contribution in [-0.4, -0.2) is 95.4 Å². The van der Waals surface area contributed by atoms with E-state index < -0.39 is 53.8 Å². The molecule has 0 aromatic heterocycles. The largest absolute Gasteiger partial charge is 0.480 e. The van der Waals surface area contributed by atoms with E-state index in [1.54, 1.807) is 0 Å². The van der Waals surface area contributed by atoms with Crippen molar-refractivity contribution >= 4 is 59.1 Å². The second kappa shape index (κ2) is 19.4. The lowest BCUT2D eigenvalue weighted by Gasteiger charge is -2.25. The number of carboxylic acid groups (broad SMARTS) is 1. The number of hydrogen-bond donors (Lipinski definition) is 8. The molecule has 0 aliphatic carbocycles. The van der Waals surface area contributed by atoms with Crippen molar-refractivity contribution in [3.8, 4) is 0 Å². The van der Waals surface area contributed by atoms with E-state index in [1.807, 2.05) is 12.5 Å². The third-order valence-electron chi connectivity index (χ3n) is 5.09. The molecule has 4 unspecified atom stereocenters. The number of carbonyl (C=O) groups is 5. The Kier molecular flexibility index (Phi) is 18.0. The number of amides is 4. The van der Waals surface area contributed by atoms with Gasteiger partial charge in [-0.05, 0) is 56.1 Å². The highest BCUT2D eigenvalue weighted by Gasteiger charge is 2.30. The maximum atomic E-state index is 13.0. The number of nitrogens with zero attached hydrogens (tertiary/aromatic N) is 1. The van der Waals surface area contributed by atoms with Gasteiger partial charge in [0.1, 0.15) is 18.1 Å². The fourth-order valence-corrected chi connectivity index (χ4v) is 3.98. The van der Waals surface area contributed by atoms with Crippen molar-refractivity contribution in [1.82, 2.24) is 16.0 Å². The second-order valence-corrected chi connectivity index (χ2v) is 10.1. The molecular weight excluding hydrogens is 524 g/mol. The monoisotopic (exact) mass is 564 g/mol. The molecule has 0 rings (SSSR count). The fraction of sp³-hybridized carbons (Fsp3) is 0.714. The van der Waals surface area contributed by atoms with E-state index in [9.17, 15) is 29.1 Å². The summed E-state index contributed by atoms with van der Waals surface area (Å²) in [6, 6.07) is -4.34. The van der Waals surface area contributed by atoms with Crippen LogP contribution < -0.4 is 38.9 Å². The summed E-state index contributed by atoms with van der Waals surface area (Å²) in [5.74, 6) is -2.91. The number of hydrogen-bond acceptors (Lipinski definition) is 9. The summed E-state index contributed by atoms with van der Waals surface area (Å²) < 4.78 is 0. The van der Waals surface area contributed by atoms with Crippen LogP contribution >= 0.6 is 23.5 Å². The van der Waals surface area contributed by atoms with Crippen molar-refractivity contribution in [3.63, 3.8) is 0 Å². The molecular formula is C21H40N8O6S2. The van der Waals surface area contributed by atoms with E-state index in [-0.39, 0.29) is 38.2 Å². The maximum absolute atomic E-state index is 13.0. The second-order valence-electron chi connectivity index (χ2n) is 8.15. The number of carbonyl (C=O) groups excluding carboxylic acids is 4. The smallest absolute Gasteiger partial charge is 0.326 e. The van der Waals surface area contributed by atoms with Gasteiger partial charge in [-0.1, -0.05) is 0 Å². The predicted octanol–water partition coefficient (Wildman–Crippen LogP) is -2.32. The summed E-state index contributed by atoms with van der Waals surface area (Å²) in [7, 11) is 0. The Labute approximate surface area is 225 Å². The van der Waals surface area contributed by atoms with Crippen LogP contribution in [0.1, 0.15) is 38.5 Å². The molecule has 4 atom stereocenters. The van der Waals surface area contributed by atoms with Crippen LogP contribution in [0.25, 0.3) is 0 Å². The van der Waals surface area contributed by atoms with E-state index >= 15 is 0 Å². The molecule has 14 nitrogen and oxygen atoms in total. The van der Waals surface area contributed by atoms with Gasteiger partial charge in [-0.2, -0.15) is 23.5 Å². The highest BCUT2D eigenvalue weighted by atomic mass is 32.2. The Morgan fingerprint density at radius 1 is 0.784 bits per heavy atom. The first-order valence-corrected chi connectivity index (χ1v) is 14.4. The van der Waals surface area contributed by atoms with Gasteiger partial charge in [0.05, 0.1) is 6.04 Å². The minimum absolute atomic E-state index is 0.0618. The van der Waals surface area contributed by atoms with E-state index in [2.05, 4.69) is 20.9 Å². The molecule has 4 amide bonds. The van der Waals surface area contributed by atoms with E-state index in [0.717, 1.165) is 0 Å². The number of primary amides is 1. The van der Waals surface area contributed by atoms with Gasteiger partial charge in [0.2, 0.25) is 23.6 Å². The Morgan fingerprint density at radius 3 is 1.81 bits per heavy atom. The van der Waals surface area contributed by atoms with Gasteiger partial charge in [0, 0.05) is 13.0 Å². The van der Waals surface area contributed by atoms with Crippen LogP contribution in [0.5, 0.6) is 0 Å². The zero-order chi connectivity index (χ0) is 28.4. The molecule has 0 fully saturated rings. The lowest BCUT2D eigenvalue weighted by molar-refractivity contribution is -0.142. The average molecular weight is 565 g/mol. The van der Waals surface area contributed by atoms with E-state index in [4.69, 9.17) is 22.9 Å². The number of aliphatic carboxylic acids is 1. The minimum Gasteiger partial charge on any atom is -0.480 e. The maximum Gasteiger partial charge on any atom is 0.326 e. The van der Waals surface area contributed by atoms with Gasteiger partial charge in [-0.25, -0.2) is 4.79 Å². The van der Waals surface area contributed by atoms with Crippen molar-refractivity contribution in [2.24, 2.45) is 27.9 Å². The van der Waals surface area contributed by atoms with Crippen LogP contribution in [-0.2, 0) is 24.0 Å². The summed E-state index contributed by atoms with van der Waals surface area (Å²) in [4.78, 5) is 65.2. The summed E-state index contributed by atoms with van der Waals surface area (Å²) in [5, 5.41) is 17.0. The van der Waals surface area contributed by atoms with Crippen LogP contribution in [0, 0.1) is 0 Å². The van der Waals surface area contributed by atoms with Gasteiger partial charge in [-0.3, -0.25) is 24.2 Å². The van der Waals surface area contributed by atoms with Gasteiger partial charge in [0.15, 0.2) is 5.96 Å². The molecule has 0 radical (unpaired) electrons. The third kappa shape index (κ3) is 15.9. The van der Waals surface area contributed by atoms with Crippen LogP contribution in [0.15, 0.2) is 4.99 Å². The predicted molar refractivity (Wildman–Crippen MR) is 146 cm³/mol. The summed E-state index contributed by atoms with van der Waals surface area (Å²) in [6.45, 7) is 0.189. The number of rotatable bonds is 20. The van der Waals surface area contributed by atoms with Crippen LogP contribution in [0.4, 0.5) is 0 Å². The standard InChI is InChI=1S/C21H40N8O6S2/c1-36-10-7-12(22)17(31)27-13(5-6-16(23)30)18(32)28-14(8-11-37-2)19(33)29-15(20(34)35)4-3-9-26-21(24)25/h12-15H,3-11,22H2,1-2H3,(H2,23,30)(H,27,31)(H,28,32)(H,29,33)(H,34,35)(H4,24,25,26). The lowest BCUT2D eigenvalue weighted by atomic mass is 10.1. The SMILES string of the molecule is CSCCC(N)C(=O)NC(CCC(N)=O)C(=O)NC(CCSC)C(=O)NC(CCCN=C(N)N)C(=O)O. The summed E-state index contributed by atoms with van der Waals surface area (Å²) in [6.07, 6.45) is 4.34. The Morgan fingerprint density at radius 2 is 1.30 bits per heavy atom. The van der Waals surface area contributed by atoms with Crippen LogP contribution in [0.2, 0.25) is 0 Å². The topological polar surface area (TPSA) is 258 Å². The summed E-state index contributed by atoms with van der Waals surface area (Å²) in [5.41, 5.74) is 21.6.